The third kappa shape index (κ3) is 7.81. The highest BCUT2D eigenvalue weighted by Crippen LogP contribution is 2.21. The van der Waals surface area contributed by atoms with Crippen molar-refractivity contribution in [2.24, 2.45) is 0 Å². The molecule has 3 aromatic rings. The second kappa shape index (κ2) is 12.7. The van der Waals surface area contributed by atoms with Crippen LogP contribution in [0.25, 0.3) is 0 Å². The van der Waals surface area contributed by atoms with Gasteiger partial charge in [0, 0.05) is 12.1 Å². The maximum absolute atomic E-state index is 12.2. The van der Waals surface area contributed by atoms with Crippen molar-refractivity contribution in [3.8, 4) is 11.5 Å². The van der Waals surface area contributed by atoms with Gasteiger partial charge in [-0.2, -0.15) is 0 Å². The number of carbonyl (C=O) groups excluding carboxylic acids is 1. The van der Waals surface area contributed by atoms with E-state index in [0.717, 1.165) is 36.3 Å². The molecule has 178 valence electrons. The fourth-order valence-electron chi connectivity index (χ4n) is 3.41. The zero-order valence-corrected chi connectivity index (χ0v) is 19.8. The number of carboxylic acid groups (broad SMARTS) is 1. The number of amides is 1. The topological polar surface area (TPSA) is 84.9 Å². The number of ether oxygens (including phenoxy) is 2. The molecule has 3 aromatic carbocycles. The fraction of sp³-hybridized carbons (Fsp3) is 0.259. The molecule has 0 aliphatic heterocycles. The van der Waals surface area contributed by atoms with Gasteiger partial charge in [-0.3, -0.25) is 4.79 Å². The quantitative estimate of drug-likeness (QED) is 0.309. The molecule has 0 heterocycles. The summed E-state index contributed by atoms with van der Waals surface area (Å²) >= 11 is 5.86. The van der Waals surface area contributed by atoms with Crippen molar-refractivity contribution in [2.75, 3.05) is 19.0 Å². The molecule has 1 amide bonds. The molecule has 34 heavy (non-hydrogen) atoms. The summed E-state index contributed by atoms with van der Waals surface area (Å²) < 4.78 is 11.0. The van der Waals surface area contributed by atoms with Crippen molar-refractivity contribution in [3.63, 3.8) is 0 Å². The molecule has 0 atom stereocenters. The Morgan fingerprint density at radius 1 is 0.882 bits per heavy atom. The van der Waals surface area contributed by atoms with Crippen LogP contribution in [0, 0.1) is 0 Å². The third-order valence-electron chi connectivity index (χ3n) is 5.33. The molecule has 0 aliphatic rings. The predicted octanol–water partition coefficient (Wildman–Crippen LogP) is 6.02. The summed E-state index contributed by atoms with van der Waals surface area (Å²) in [6.45, 7) is 0.650. The van der Waals surface area contributed by atoms with Crippen molar-refractivity contribution >= 4 is 29.2 Å². The first-order chi connectivity index (χ1) is 16.4. The standard InChI is InChI=1S/C27H28ClNO5/c1-33-22-11-5-19(6-12-22)4-2-3-17-34-23-13-7-20(8-14-23)9-16-26(30)29-21-10-15-25(28)24(18-21)27(31)32/h5-8,10-15,18H,2-4,9,16-17H2,1H3,(H,29,30)(H,31,32). The monoisotopic (exact) mass is 481 g/mol. The summed E-state index contributed by atoms with van der Waals surface area (Å²) in [4.78, 5) is 23.4. The van der Waals surface area contributed by atoms with Crippen molar-refractivity contribution in [2.45, 2.75) is 32.1 Å². The number of benzene rings is 3. The third-order valence-corrected chi connectivity index (χ3v) is 5.66. The lowest BCUT2D eigenvalue weighted by atomic mass is 10.1. The van der Waals surface area contributed by atoms with Crippen LogP contribution < -0.4 is 14.8 Å². The molecule has 2 N–H and O–H groups in total. The first kappa shape index (κ1) is 25.1. The van der Waals surface area contributed by atoms with E-state index in [1.165, 1.54) is 17.7 Å². The van der Waals surface area contributed by atoms with Crippen LogP contribution in [0.3, 0.4) is 0 Å². The van der Waals surface area contributed by atoms with Gasteiger partial charge in [0.15, 0.2) is 0 Å². The molecule has 0 saturated carbocycles. The molecule has 0 spiro atoms. The highest BCUT2D eigenvalue weighted by molar-refractivity contribution is 6.33. The smallest absolute Gasteiger partial charge is 0.337 e. The molecule has 0 unspecified atom stereocenters. The molecular weight excluding hydrogens is 454 g/mol. The summed E-state index contributed by atoms with van der Waals surface area (Å²) in [6.07, 6.45) is 3.84. The van der Waals surface area contributed by atoms with Crippen LogP contribution in [0.2, 0.25) is 5.02 Å². The van der Waals surface area contributed by atoms with Gasteiger partial charge in [0.2, 0.25) is 5.91 Å². The van der Waals surface area contributed by atoms with Crippen LogP contribution in [0.4, 0.5) is 5.69 Å². The number of halogens is 1. The van der Waals surface area contributed by atoms with E-state index >= 15 is 0 Å². The van der Waals surface area contributed by atoms with E-state index < -0.39 is 5.97 Å². The minimum atomic E-state index is -1.14. The van der Waals surface area contributed by atoms with Crippen LogP contribution in [0.15, 0.2) is 66.7 Å². The van der Waals surface area contributed by atoms with E-state index in [0.29, 0.717) is 18.7 Å². The Kier molecular flexibility index (Phi) is 9.35. The first-order valence-corrected chi connectivity index (χ1v) is 11.5. The predicted molar refractivity (Wildman–Crippen MR) is 133 cm³/mol. The average molecular weight is 482 g/mol. The van der Waals surface area contributed by atoms with Crippen LogP contribution >= 0.6 is 11.6 Å². The van der Waals surface area contributed by atoms with Gasteiger partial charge in [0.1, 0.15) is 11.5 Å². The molecule has 0 fully saturated rings. The van der Waals surface area contributed by atoms with E-state index in [-0.39, 0.29) is 22.9 Å². The van der Waals surface area contributed by atoms with Crippen molar-refractivity contribution in [3.05, 3.63) is 88.4 Å². The number of aryl methyl sites for hydroxylation is 2. The van der Waals surface area contributed by atoms with Crippen molar-refractivity contribution < 1.29 is 24.2 Å². The average Bonchev–Trinajstić information content (AvgIpc) is 2.84. The molecule has 0 radical (unpaired) electrons. The van der Waals surface area contributed by atoms with E-state index in [1.807, 2.05) is 36.4 Å². The summed E-state index contributed by atoms with van der Waals surface area (Å²) in [5.41, 5.74) is 2.66. The number of rotatable bonds is 12. The van der Waals surface area contributed by atoms with Gasteiger partial charge in [0.25, 0.3) is 0 Å². The molecule has 0 aliphatic carbocycles. The van der Waals surface area contributed by atoms with Gasteiger partial charge in [0.05, 0.1) is 24.3 Å². The fourth-order valence-corrected chi connectivity index (χ4v) is 3.61. The zero-order valence-electron chi connectivity index (χ0n) is 19.1. The van der Waals surface area contributed by atoms with E-state index in [1.54, 1.807) is 13.2 Å². The largest absolute Gasteiger partial charge is 0.497 e. The van der Waals surface area contributed by atoms with Gasteiger partial charge in [-0.25, -0.2) is 4.79 Å². The molecule has 3 rings (SSSR count). The maximum Gasteiger partial charge on any atom is 0.337 e. The van der Waals surface area contributed by atoms with Crippen molar-refractivity contribution in [1.29, 1.82) is 0 Å². The van der Waals surface area contributed by atoms with Crippen LogP contribution in [-0.2, 0) is 17.6 Å². The van der Waals surface area contributed by atoms with Crippen LogP contribution in [-0.4, -0.2) is 30.7 Å². The van der Waals surface area contributed by atoms with E-state index in [2.05, 4.69) is 17.4 Å². The Morgan fingerprint density at radius 3 is 2.18 bits per heavy atom. The lowest BCUT2D eigenvalue weighted by Gasteiger charge is -2.09. The number of hydrogen-bond donors (Lipinski definition) is 2. The number of carbonyl (C=O) groups is 2. The zero-order chi connectivity index (χ0) is 24.3. The lowest BCUT2D eigenvalue weighted by molar-refractivity contribution is -0.116. The number of anilines is 1. The summed E-state index contributed by atoms with van der Waals surface area (Å²) in [7, 11) is 1.66. The van der Waals surface area contributed by atoms with Gasteiger partial charge < -0.3 is 19.9 Å². The number of methoxy groups -OCH3 is 1. The number of hydrogen-bond acceptors (Lipinski definition) is 4. The Labute approximate surface area is 204 Å². The number of carboxylic acids is 1. The van der Waals surface area contributed by atoms with Gasteiger partial charge in [-0.1, -0.05) is 35.9 Å². The summed E-state index contributed by atoms with van der Waals surface area (Å²) in [5.74, 6) is 0.337. The highest BCUT2D eigenvalue weighted by atomic mass is 35.5. The Hall–Kier alpha value is -3.51. The van der Waals surface area contributed by atoms with Gasteiger partial charge in [-0.15, -0.1) is 0 Å². The van der Waals surface area contributed by atoms with Crippen LogP contribution in [0.5, 0.6) is 11.5 Å². The van der Waals surface area contributed by atoms with E-state index in [9.17, 15) is 9.59 Å². The second-order valence-corrected chi connectivity index (χ2v) is 8.25. The Balaban J connectivity index is 1.36. The normalized spacial score (nSPS) is 10.5. The summed E-state index contributed by atoms with van der Waals surface area (Å²) in [5, 5.41) is 12.0. The molecule has 0 saturated heterocycles. The van der Waals surface area contributed by atoms with Gasteiger partial charge >= 0.3 is 5.97 Å². The summed E-state index contributed by atoms with van der Waals surface area (Å²) in [6, 6.07) is 20.2. The first-order valence-electron chi connectivity index (χ1n) is 11.1. The Bertz CT molecular complexity index is 1100. The Morgan fingerprint density at radius 2 is 1.53 bits per heavy atom. The van der Waals surface area contributed by atoms with Crippen LogP contribution in [0.1, 0.15) is 40.7 Å². The molecule has 0 bridgehead atoms. The maximum atomic E-state index is 12.2. The molecular formula is C27H28ClNO5. The molecule has 6 nitrogen and oxygen atoms in total. The van der Waals surface area contributed by atoms with Gasteiger partial charge in [-0.05, 0) is 79.3 Å². The number of unbranched alkanes of at least 4 members (excludes halogenated alkanes) is 1. The molecule has 7 heteroatoms. The number of aromatic carboxylic acids is 1. The second-order valence-electron chi connectivity index (χ2n) is 7.85. The van der Waals surface area contributed by atoms with Crippen molar-refractivity contribution in [1.82, 2.24) is 0 Å². The highest BCUT2D eigenvalue weighted by Gasteiger charge is 2.11. The lowest BCUT2D eigenvalue weighted by Crippen LogP contribution is -2.13. The minimum Gasteiger partial charge on any atom is -0.497 e. The minimum absolute atomic E-state index is 0.0456. The SMILES string of the molecule is COc1ccc(CCCCOc2ccc(CCC(=O)Nc3ccc(Cl)c(C(=O)O)c3)cc2)cc1. The van der Waals surface area contributed by atoms with E-state index in [4.69, 9.17) is 26.2 Å². The number of nitrogens with one attached hydrogen (secondary N) is 1. The molecule has 0 aromatic heterocycles.